The van der Waals surface area contributed by atoms with Crippen LogP contribution in [-0.2, 0) is 36.3 Å². The first kappa shape index (κ1) is 31.2. The van der Waals surface area contributed by atoms with Crippen molar-refractivity contribution < 1.29 is 27.5 Å². The number of nitrogens with one attached hydrogen (secondary N) is 1. The number of anilines is 1. The Hall–Kier alpha value is -3.35. The highest BCUT2D eigenvalue weighted by atomic mass is 32.2. The molecule has 3 rings (SSSR count). The van der Waals surface area contributed by atoms with Gasteiger partial charge in [-0.1, -0.05) is 54.2 Å². The van der Waals surface area contributed by atoms with Gasteiger partial charge in [-0.25, -0.2) is 9.37 Å². The number of halogens is 1. The molecule has 1 aromatic carbocycles. The minimum atomic E-state index is -3.74. The predicted molar refractivity (Wildman–Crippen MR) is 154 cm³/mol. The molecule has 0 saturated carbocycles. The lowest BCUT2D eigenvalue weighted by Gasteiger charge is -2.19. The number of allylic oxidation sites excluding steroid dienone is 4. The molecule has 14 heteroatoms. The number of benzene rings is 1. The van der Waals surface area contributed by atoms with Crippen LogP contribution in [0.25, 0.3) is 11.2 Å². The van der Waals surface area contributed by atoms with Gasteiger partial charge in [-0.2, -0.15) is 4.98 Å². The van der Waals surface area contributed by atoms with Crippen LogP contribution in [0.1, 0.15) is 18.1 Å². The molecule has 214 valence electrons. The van der Waals surface area contributed by atoms with Gasteiger partial charge in [0.15, 0.2) is 11.2 Å². The average molecular weight is 592 g/mol. The van der Waals surface area contributed by atoms with Gasteiger partial charge in [0.05, 0.1) is 26.1 Å². The smallest absolute Gasteiger partial charge is 0.356 e. The first-order chi connectivity index (χ1) is 19.1. The van der Waals surface area contributed by atoms with Crippen LogP contribution in [0.4, 0.5) is 10.3 Å². The number of hydrogen-bond acceptors (Lipinski definition) is 10. The van der Waals surface area contributed by atoms with Gasteiger partial charge in [-0.3, -0.25) is 19.1 Å². The fourth-order valence-electron chi connectivity index (χ4n) is 3.19. The van der Waals surface area contributed by atoms with Crippen LogP contribution in [0.5, 0.6) is 0 Å². The summed E-state index contributed by atoms with van der Waals surface area (Å²) in [7, 11) is -3.74. The fraction of sp³-hybridized carbons (Fsp3) is 0.308. The van der Waals surface area contributed by atoms with Crippen LogP contribution in [0.3, 0.4) is 0 Å². The molecule has 1 atom stereocenters. The van der Waals surface area contributed by atoms with Gasteiger partial charge in [0, 0.05) is 17.9 Å². The molecule has 0 fully saturated rings. The number of thioether (sulfide) groups is 1. The number of nitrogens with zero attached hydrogens (tertiary/aromatic N) is 3. The molecule has 0 aliphatic heterocycles. The zero-order valence-electron chi connectivity index (χ0n) is 22.2. The van der Waals surface area contributed by atoms with Crippen LogP contribution in [0, 0.1) is 6.92 Å². The van der Waals surface area contributed by atoms with Gasteiger partial charge in [0.1, 0.15) is 12.2 Å². The third-order valence-electron chi connectivity index (χ3n) is 5.35. The average Bonchev–Trinajstić information content (AvgIpc) is 3.34. The Morgan fingerprint density at radius 1 is 1.25 bits per heavy atom. The summed E-state index contributed by atoms with van der Waals surface area (Å²) in [5.41, 5.74) is 7.60. The number of aryl methyl sites for hydroxylation is 1. The van der Waals surface area contributed by atoms with Gasteiger partial charge >= 0.3 is 7.60 Å². The van der Waals surface area contributed by atoms with Crippen LogP contribution in [0.15, 0.2) is 71.6 Å². The molecular formula is C26H31FN5O6PS. The minimum absolute atomic E-state index is 0.0310. The van der Waals surface area contributed by atoms with Crippen molar-refractivity contribution in [1.82, 2.24) is 19.5 Å². The summed E-state index contributed by atoms with van der Waals surface area (Å²) in [6.45, 7) is 7.42. The summed E-state index contributed by atoms with van der Waals surface area (Å²) in [6, 6.07) is 7.53. The van der Waals surface area contributed by atoms with E-state index in [1.54, 1.807) is 4.57 Å². The number of nitrogen functional groups attached to an aromatic ring is 1. The number of fused-ring (bicyclic) bond motifs is 1. The maximum absolute atomic E-state index is 13.5. The van der Waals surface area contributed by atoms with Crippen LogP contribution >= 0.6 is 19.4 Å². The Labute approximate surface area is 234 Å². The zero-order valence-corrected chi connectivity index (χ0v) is 23.9. The molecule has 11 nitrogen and oxygen atoms in total. The molecule has 0 bridgehead atoms. The number of carbonyl (C=O) groups is 1. The third-order valence-corrected chi connectivity index (χ3v) is 7.85. The van der Waals surface area contributed by atoms with Crippen molar-refractivity contribution in [2.45, 2.75) is 27.0 Å². The molecule has 1 unspecified atom stereocenters. The topological polar surface area (TPSA) is 151 Å². The third kappa shape index (κ3) is 9.39. The standard InChI is InChI=1S/C26H31FN5O6PS/c1-4-21(27)10-7-19(3)25(34)40-14-13-37-39(35,38-15-20-8-5-18(2)6-9-20)17-36-12-11-32-16-29-22-23(32)30-26(28)31-24(22)33/h4-10,16H,3,11-15,17H2,1-2H3,(H3,28,30,31,33)/b10-7-,21-4+. The number of ether oxygens (including phenoxy) is 1. The van der Waals surface area contributed by atoms with Gasteiger partial charge in [0.2, 0.25) is 11.1 Å². The van der Waals surface area contributed by atoms with E-state index in [9.17, 15) is 18.5 Å². The van der Waals surface area contributed by atoms with E-state index in [0.717, 1.165) is 29.0 Å². The lowest BCUT2D eigenvalue weighted by atomic mass is 10.2. The first-order valence-corrected chi connectivity index (χ1v) is 14.9. The SMILES string of the molecule is C=C(/C=C\C(F)=C/C)C(=O)SCCOP(=O)(COCCn1cnc2c(=O)[nH]c(N)nc21)OCc1ccc(C)cc1. The molecule has 2 heterocycles. The summed E-state index contributed by atoms with van der Waals surface area (Å²) in [4.78, 5) is 34.7. The molecule has 0 saturated heterocycles. The molecule has 2 aromatic heterocycles. The minimum Gasteiger partial charge on any atom is -0.369 e. The second-order valence-corrected chi connectivity index (χ2v) is 11.5. The lowest BCUT2D eigenvalue weighted by molar-refractivity contribution is -0.107. The Morgan fingerprint density at radius 3 is 2.73 bits per heavy atom. The van der Waals surface area contributed by atoms with Crippen molar-refractivity contribution in [3.05, 3.63) is 88.3 Å². The van der Waals surface area contributed by atoms with E-state index < -0.39 is 19.0 Å². The maximum atomic E-state index is 13.5. The quantitative estimate of drug-likeness (QED) is 0.111. The predicted octanol–water partition coefficient (Wildman–Crippen LogP) is 4.66. The number of nitrogens with two attached hydrogens (primary N) is 1. The highest BCUT2D eigenvalue weighted by molar-refractivity contribution is 8.14. The summed E-state index contributed by atoms with van der Waals surface area (Å²) < 4.78 is 45.2. The Kier molecular flexibility index (Phi) is 11.6. The summed E-state index contributed by atoms with van der Waals surface area (Å²) in [5.74, 6) is -0.356. The largest absolute Gasteiger partial charge is 0.369 e. The highest BCUT2D eigenvalue weighted by Gasteiger charge is 2.26. The second-order valence-electron chi connectivity index (χ2n) is 8.47. The van der Waals surface area contributed by atoms with Crippen molar-refractivity contribution in [2.24, 2.45) is 0 Å². The van der Waals surface area contributed by atoms with Crippen molar-refractivity contribution >= 4 is 41.6 Å². The molecule has 0 amide bonds. The van der Waals surface area contributed by atoms with E-state index in [0.29, 0.717) is 5.65 Å². The Balaban J connectivity index is 1.56. The van der Waals surface area contributed by atoms with E-state index in [-0.39, 0.29) is 60.6 Å². The molecular weight excluding hydrogens is 560 g/mol. The van der Waals surface area contributed by atoms with Crippen LogP contribution < -0.4 is 11.3 Å². The zero-order chi connectivity index (χ0) is 29.1. The van der Waals surface area contributed by atoms with Crippen LogP contribution in [-0.4, -0.2) is 49.9 Å². The Morgan fingerprint density at radius 2 is 2.00 bits per heavy atom. The van der Waals surface area contributed by atoms with Crippen molar-refractivity contribution in [1.29, 1.82) is 0 Å². The molecule has 3 N–H and O–H groups in total. The molecule has 40 heavy (non-hydrogen) atoms. The van der Waals surface area contributed by atoms with Gasteiger partial charge in [0.25, 0.3) is 5.56 Å². The van der Waals surface area contributed by atoms with E-state index in [2.05, 4.69) is 21.5 Å². The lowest BCUT2D eigenvalue weighted by Crippen LogP contribution is -2.13. The van der Waals surface area contributed by atoms with E-state index >= 15 is 0 Å². The Bertz CT molecular complexity index is 1500. The molecule has 0 aliphatic carbocycles. The van der Waals surface area contributed by atoms with Gasteiger partial charge < -0.3 is 24.1 Å². The maximum Gasteiger partial charge on any atom is 0.356 e. The number of rotatable bonds is 15. The fourth-order valence-corrected chi connectivity index (χ4v) is 5.21. The summed E-state index contributed by atoms with van der Waals surface area (Å²) >= 11 is 0.901. The first-order valence-electron chi connectivity index (χ1n) is 12.2. The van der Waals surface area contributed by atoms with E-state index in [1.165, 1.54) is 25.4 Å². The highest BCUT2D eigenvalue weighted by Crippen LogP contribution is 2.49. The monoisotopic (exact) mass is 591 g/mol. The normalized spacial score (nSPS) is 13.6. The van der Waals surface area contributed by atoms with Crippen molar-refractivity contribution in [3.63, 3.8) is 0 Å². The second kappa shape index (κ2) is 14.9. The molecule has 0 radical (unpaired) electrons. The number of H-pyrrole nitrogens is 1. The number of carbonyl (C=O) groups excluding carboxylic acids is 1. The van der Waals surface area contributed by atoms with Crippen LogP contribution in [0.2, 0.25) is 0 Å². The summed E-state index contributed by atoms with van der Waals surface area (Å²) in [5, 5.41) is -0.365. The molecule has 0 spiro atoms. The van der Waals surface area contributed by atoms with E-state index in [1.807, 2.05) is 31.2 Å². The number of hydrogen-bond donors (Lipinski definition) is 2. The van der Waals surface area contributed by atoms with Crippen molar-refractivity contribution in [3.8, 4) is 0 Å². The van der Waals surface area contributed by atoms with Crippen molar-refractivity contribution in [2.75, 3.05) is 31.0 Å². The van der Waals surface area contributed by atoms with Gasteiger partial charge in [-0.05, 0) is 31.6 Å². The molecule has 3 aromatic rings. The number of aromatic nitrogens is 4. The number of imidazole rings is 1. The summed E-state index contributed by atoms with van der Waals surface area (Å²) in [6.07, 6.45) is 4.79. The molecule has 0 aliphatic rings. The van der Waals surface area contributed by atoms with Gasteiger partial charge in [-0.15, -0.1) is 0 Å². The van der Waals surface area contributed by atoms with E-state index in [4.69, 9.17) is 19.5 Å². The number of aromatic amines is 1.